The van der Waals surface area contributed by atoms with Crippen molar-refractivity contribution in [1.82, 2.24) is 5.32 Å². The summed E-state index contributed by atoms with van der Waals surface area (Å²) in [6.07, 6.45) is 5.30. The maximum absolute atomic E-state index is 12.4. The van der Waals surface area contributed by atoms with Crippen LogP contribution < -0.4 is 5.32 Å². The van der Waals surface area contributed by atoms with Gasteiger partial charge in [0.15, 0.2) is 0 Å². The maximum Gasteiger partial charge on any atom is 0.0486 e. The van der Waals surface area contributed by atoms with Crippen LogP contribution in [0.1, 0.15) is 43.7 Å². The molecule has 20 heavy (non-hydrogen) atoms. The van der Waals surface area contributed by atoms with Crippen LogP contribution in [0, 0.1) is 12.8 Å². The molecule has 112 valence electrons. The molecule has 1 fully saturated rings. The second-order valence-corrected chi connectivity index (χ2v) is 7.45. The number of hydrogen-bond acceptors (Lipinski definition) is 2. The van der Waals surface area contributed by atoms with Crippen LogP contribution in [0.2, 0.25) is 0 Å². The Bertz CT molecular complexity index is 440. The third-order valence-electron chi connectivity index (χ3n) is 4.21. The molecule has 2 atom stereocenters. The minimum absolute atomic E-state index is 0.438. The molecule has 0 bridgehead atoms. The van der Waals surface area contributed by atoms with Gasteiger partial charge in [0.25, 0.3) is 0 Å². The largest absolute Gasteiger partial charge is 0.313 e. The predicted molar refractivity (Wildman–Crippen MR) is 87.3 cm³/mol. The topological polar surface area (TPSA) is 29.1 Å². The molecule has 2 nitrogen and oxygen atoms in total. The number of aryl methyl sites for hydroxylation is 1. The van der Waals surface area contributed by atoms with Gasteiger partial charge >= 0.3 is 0 Å². The number of rotatable bonds is 7. The predicted octanol–water partition coefficient (Wildman–Crippen LogP) is 3.41. The molecule has 3 heteroatoms. The fourth-order valence-electron chi connectivity index (χ4n) is 3.23. The Morgan fingerprint density at radius 3 is 2.75 bits per heavy atom. The monoisotopic (exact) mass is 293 g/mol. The molecule has 0 saturated heterocycles. The maximum atomic E-state index is 12.4. The van der Waals surface area contributed by atoms with Crippen LogP contribution in [-0.4, -0.2) is 22.5 Å². The van der Waals surface area contributed by atoms with Gasteiger partial charge in [0.1, 0.15) is 0 Å². The van der Waals surface area contributed by atoms with Crippen LogP contribution in [0.15, 0.2) is 24.3 Å². The van der Waals surface area contributed by atoms with Crippen molar-refractivity contribution in [2.75, 3.05) is 12.3 Å². The summed E-state index contributed by atoms with van der Waals surface area (Å²) < 4.78 is 12.4. The molecule has 1 aliphatic carbocycles. The number of benzene rings is 1. The highest BCUT2D eigenvalue weighted by atomic mass is 32.2. The Balaban J connectivity index is 1.90. The summed E-state index contributed by atoms with van der Waals surface area (Å²) >= 11 is 0. The van der Waals surface area contributed by atoms with E-state index in [-0.39, 0.29) is 0 Å². The van der Waals surface area contributed by atoms with E-state index < -0.39 is 10.8 Å². The highest BCUT2D eigenvalue weighted by Gasteiger charge is 2.25. The first-order valence-electron chi connectivity index (χ1n) is 7.83. The summed E-state index contributed by atoms with van der Waals surface area (Å²) in [6, 6.07) is 8.82. The normalized spacial score (nSPS) is 19.1. The van der Waals surface area contributed by atoms with Gasteiger partial charge in [-0.3, -0.25) is 4.21 Å². The molecule has 0 aliphatic heterocycles. The summed E-state index contributed by atoms with van der Waals surface area (Å²) in [7, 11) is -0.769. The first kappa shape index (κ1) is 15.7. The van der Waals surface area contributed by atoms with E-state index in [1.165, 1.54) is 36.8 Å². The van der Waals surface area contributed by atoms with Gasteiger partial charge in [-0.25, -0.2) is 0 Å². The minimum atomic E-state index is -0.769. The van der Waals surface area contributed by atoms with Crippen molar-refractivity contribution < 1.29 is 4.21 Å². The summed E-state index contributed by atoms with van der Waals surface area (Å²) in [4.78, 5) is 0. The molecule has 1 saturated carbocycles. The van der Waals surface area contributed by atoms with Crippen LogP contribution in [0.4, 0.5) is 0 Å². The van der Waals surface area contributed by atoms with Crippen molar-refractivity contribution in [2.24, 2.45) is 5.92 Å². The van der Waals surface area contributed by atoms with Crippen molar-refractivity contribution >= 4 is 10.8 Å². The van der Waals surface area contributed by atoms with Gasteiger partial charge in [-0.05, 0) is 37.8 Å². The molecular formula is C17H27NOS. The third-order valence-corrected chi connectivity index (χ3v) is 5.60. The van der Waals surface area contributed by atoms with Gasteiger partial charge in [0.05, 0.1) is 0 Å². The third kappa shape index (κ3) is 4.71. The Labute approximate surface area is 125 Å². The SMILES string of the molecule is CCNC(CS(=O)Cc1cccc(C)c1)C1CCCC1. The van der Waals surface area contributed by atoms with Crippen molar-refractivity contribution in [3.63, 3.8) is 0 Å². The first-order chi connectivity index (χ1) is 9.69. The van der Waals surface area contributed by atoms with E-state index >= 15 is 0 Å². The Morgan fingerprint density at radius 2 is 2.10 bits per heavy atom. The lowest BCUT2D eigenvalue weighted by Crippen LogP contribution is -2.39. The van der Waals surface area contributed by atoms with Crippen LogP contribution >= 0.6 is 0 Å². The zero-order valence-electron chi connectivity index (χ0n) is 12.7. The molecule has 1 aromatic rings. The molecule has 0 amide bonds. The summed E-state index contributed by atoms with van der Waals surface area (Å²) in [5.41, 5.74) is 2.45. The van der Waals surface area contributed by atoms with Gasteiger partial charge in [-0.1, -0.05) is 49.6 Å². The molecule has 1 N–H and O–H groups in total. The Kier molecular flexibility index (Phi) is 6.24. The van der Waals surface area contributed by atoms with Crippen LogP contribution in [0.25, 0.3) is 0 Å². The molecule has 2 unspecified atom stereocenters. The van der Waals surface area contributed by atoms with Gasteiger partial charge < -0.3 is 5.32 Å². The molecule has 2 rings (SSSR count). The average Bonchev–Trinajstić information content (AvgIpc) is 2.92. The Morgan fingerprint density at radius 1 is 1.35 bits per heavy atom. The lowest BCUT2D eigenvalue weighted by molar-refractivity contribution is 0.392. The van der Waals surface area contributed by atoms with Crippen LogP contribution in [0.5, 0.6) is 0 Å². The van der Waals surface area contributed by atoms with E-state index in [9.17, 15) is 4.21 Å². The molecule has 0 heterocycles. The van der Waals surface area contributed by atoms with Crippen molar-refractivity contribution in [1.29, 1.82) is 0 Å². The first-order valence-corrected chi connectivity index (χ1v) is 9.31. The summed E-state index contributed by atoms with van der Waals surface area (Å²) in [5, 5.41) is 3.56. The quantitative estimate of drug-likeness (QED) is 0.834. The summed E-state index contributed by atoms with van der Waals surface area (Å²) in [5.74, 6) is 2.22. The highest BCUT2D eigenvalue weighted by Crippen LogP contribution is 2.28. The average molecular weight is 293 g/mol. The second-order valence-electron chi connectivity index (χ2n) is 5.95. The molecule has 0 radical (unpaired) electrons. The van der Waals surface area contributed by atoms with E-state index in [2.05, 4.69) is 43.4 Å². The molecular weight excluding hydrogens is 266 g/mol. The molecule has 1 aromatic carbocycles. The van der Waals surface area contributed by atoms with Crippen LogP contribution in [0.3, 0.4) is 0 Å². The van der Waals surface area contributed by atoms with Gasteiger partial charge in [0.2, 0.25) is 0 Å². The zero-order valence-corrected chi connectivity index (χ0v) is 13.5. The second kappa shape index (κ2) is 7.94. The van der Waals surface area contributed by atoms with E-state index in [1.54, 1.807) is 0 Å². The van der Waals surface area contributed by atoms with E-state index in [4.69, 9.17) is 0 Å². The fourth-order valence-corrected chi connectivity index (χ4v) is 4.69. The Hall–Kier alpha value is -0.670. The molecule has 0 aromatic heterocycles. The van der Waals surface area contributed by atoms with Crippen molar-refractivity contribution in [3.05, 3.63) is 35.4 Å². The number of nitrogens with one attached hydrogen (secondary N) is 1. The lowest BCUT2D eigenvalue weighted by Gasteiger charge is -2.23. The fraction of sp³-hybridized carbons (Fsp3) is 0.647. The lowest BCUT2D eigenvalue weighted by atomic mass is 10.00. The highest BCUT2D eigenvalue weighted by molar-refractivity contribution is 7.84. The van der Waals surface area contributed by atoms with E-state index in [0.717, 1.165) is 18.2 Å². The zero-order chi connectivity index (χ0) is 14.4. The van der Waals surface area contributed by atoms with Gasteiger partial charge in [-0.2, -0.15) is 0 Å². The van der Waals surface area contributed by atoms with Gasteiger partial charge in [0, 0.05) is 28.3 Å². The molecule has 0 spiro atoms. The van der Waals surface area contributed by atoms with Crippen molar-refractivity contribution in [2.45, 2.75) is 51.3 Å². The molecule has 1 aliphatic rings. The smallest absolute Gasteiger partial charge is 0.0486 e. The van der Waals surface area contributed by atoms with Crippen LogP contribution in [-0.2, 0) is 16.6 Å². The van der Waals surface area contributed by atoms with E-state index in [0.29, 0.717) is 11.8 Å². The minimum Gasteiger partial charge on any atom is -0.313 e. The van der Waals surface area contributed by atoms with Crippen molar-refractivity contribution in [3.8, 4) is 0 Å². The van der Waals surface area contributed by atoms with Gasteiger partial charge in [-0.15, -0.1) is 0 Å². The summed E-state index contributed by atoms with van der Waals surface area (Å²) in [6.45, 7) is 5.21. The van der Waals surface area contributed by atoms with E-state index in [1.807, 2.05) is 0 Å². The number of hydrogen-bond donors (Lipinski definition) is 1. The standard InChI is InChI=1S/C17H27NOS/c1-3-18-17(16-9-4-5-10-16)13-20(19)12-15-8-6-7-14(2)11-15/h6-8,11,16-18H,3-5,9-10,12-13H2,1-2H3.